The zero-order chi connectivity index (χ0) is 46.0. The van der Waals surface area contributed by atoms with Crippen molar-refractivity contribution in [2.24, 2.45) is 16.6 Å². The molecule has 0 radical (unpaired) electrons. The van der Waals surface area contributed by atoms with Crippen LogP contribution in [-0.4, -0.2) is 150 Å². The molecule has 61 heavy (non-hydrogen) atoms. The minimum atomic E-state index is -2.88. The number of amides is 2. The Kier molecular flexibility index (Phi) is 29.4. The van der Waals surface area contributed by atoms with E-state index in [1.807, 2.05) is 67.8 Å². The number of nitrogens with two attached hydrogens (primary N) is 2. The molecule has 6 saturated heterocycles. The maximum Gasteiger partial charge on any atom is 0.407 e. The van der Waals surface area contributed by atoms with Crippen molar-refractivity contribution >= 4 is 90.4 Å². The normalized spacial score (nSPS) is 22.4. The first-order valence-corrected chi connectivity index (χ1v) is 29.7. The number of thioether (sulfide) groups is 4. The molecule has 7 N–H and O–H groups in total. The van der Waals surface area contributed by atoms with Gasteiger partial charge in [0.25, 0.3) is 0 Å². The average Bonchev–Trinajstić information content (AvgIpc) is 3.18. The van der Waals surface area contributed by atoms with Crippen molar-refractivity contribution in [2.45, 2.75) is 154 Å². The summed E-state index contributed by atoms with van der Waals surface area (Å²) in [6.45, 7) is 11.0. The van der Waals surface area contributed by atoms with Crippen LogP contribution in [0.1, 0.15) is 119 Å². The van der Waals surface area contributed by atoms with Gasteiger partial charge in [-0.15, -0.1) is 0 Å². The summed E-state index contributed by atoms with van der Waals surface area (Å²) < 4.78 is 54.1. The quantitative estimate of drug-likeness (QED) is 0.151. The molecule has 0 unspecified atom stereocenters. The lowest BCUT2D eigenvalue weighted by molar-refractivity contribution is -0.118. The van der Waals surface area contributed by atoms with Crippen molar-refractivity contribution in [1.29, 1.82) is 0 Å². The van der Waals surface area contributed by atoms with E-state index in [9.17, 15) is 31.2 Å². The third kappa shape index (κ3) is 34.0. The Hall–Kier alpha value is -1.10. The molecule has 0 aromatic rings. The number of hydrogen-bond acceptors (Lipinski definition) is 17. The summed E-state index contributed by atoms with van der Waals surface area (Å²) in [6.07, 6.45) is 9.61. The lowest BCUT2D eigenvalue weighted by Crippen LogP contribution is -2.43. The topological polar surface area (TPSA) is 247 Å². The lowest BCUT2D eigenvalue weighted by Gasteiger charge is -2.25. The molecular weight excluding hydrogens is 903 g/mol. The number of rotatable bonds is 2. The van der Waals surface area contributed by atoms with Crippen LogP contribution in [0.15, 0.2) is 5.16 Å². The molecule has 6 rings (SSSR count). The molecule has 15 nitrogen and oxygen atoms in total. The van der Waals surface area contributed by atoms with E-state index in [-0.39, 0.29) is 41.2 Å². The molecule has 6 heterocycles. The predicted molar refractivity (Wildman–Crippen MR) is 259 cm³/mol. The number of nitrogens with one attached hydrogen (secondary N) is 2. The van der Waals surface area contributed by atoms with Crippen LogP contribution in [-0.2, 0) is 33.9 Å². The maximum absolute atomic E-state index is 11.4. The minimum absolute atomic E-state index is 0.0848. The maximum atomic E-state index is 11.4. The van der Waals surface area contributed by atoms with Crippen LogP contribution in [0.3, 0.4) is 0 Å². The van der Waals surface area contributed by atoms with E-state index in [2.05, 4.69) is 15.8 Å². The molecule has 6 aliphatic rings. The smallest absolute Gasteiger partial charge is 0.407 e. The van der Waals surface area contributed by atoms with Crippen LogP contribution in [0.25, 0.3) is 0 Å². The van der Waals surface area contributed by atoms with Gasteiger partial charge in [0.15, 0.2) is 0 Å². The summed E-state index contributed by atoms with van der Waals surface area (Å²) in [6, 6.07) is 0.860. The monoisotopic (exact) mass is 979 g/mol. The standard InChI is InChI=1S/C10H19NO4S.C10H19NO2S.C5H11NO2S.C5H9NOS.C5H11NS.C5H8OS/c1-10(2,3)15-9(12)11-8-4-6-16(13,14)7-5-8;1-10(2,3)13-9(12)11-8-4-6-14-7-5-8;6-5-1-3-9(7,8)4-2-5;7-6-5-1-3-8-4-2-5;2*6-5-1-3-7-4-2-5/h8H,4-7H2,1-3H3,(H,11,12);8H,4-7H2,1-3H3,(H,11,12);5H,1-4,6H2;7H,1-4H2;5H,1-4,6H2;1-4H2. The number of nitrogens with zero attached hydrogens (tertiary/aromatic N) is 1. The van der Waals surface area contributed by atoms with Gasteiger partial charge < -0.3 is 36.8 Å². The summed E-state index contributed by atoms with van der Waals surface area (Å²) >= 11 is 7.77. The minimum Gasteiger partial charge on any atom is -0.444 e. The summed E-state index contributed by atoms with van der Waals surface area (Å²) in [5, 5.41) is 17.0. The highest BCUT2D eigenvalue weighted by molar-refractivity contribution is 8.00. The molecule has 0 aromatic carbocycles. The molecule has 6 fully saturated rings. The van der Waals surface area contributed by atoms with Crippen molar-refractivity contribution in [1.82, 2.24) is 10.6 Å². The number of hydrogen-bond donors (Lipinski definition) is 5. The van der Waals surface area contributed by atoms with Crippen LogP contribution in [0.4, 0.5) is 9.59 Å². The molecule has 6 aliphatic heterocycles. The highest BCUT2D eigenvalue weighted by Crippen LogP contribution is 2.19. The molecule has 0 spiro atoms. The van der Waals surface area contributed by atoms with Crippen molar-refractivity contribution in [2.75, 3.05) is 69.0 Å². The number of carbonyl (C=O) groups excluding carboxylic acids is 3. The Morgan fingerprint density at radius 3 is 1.20 bits per heavy atom. The molecule has 358 valence electrons. The van der Waals surface area contributed by atoms with E-state index in [0.29, 0.717) is 43.6 Å². The van der Waals surface area contributed by atoms with Crippen LogP contribution >= 0.6 is 47.0 Å². The van der Waals surface area contributed by atoms with E-state index >= 15 is 0 Å². The number of carbonyl (C=O) groups is 3. The number of ether oxygens (including phenoxy) is 2. The van der Waals surface area contributed by atoms with Crippen molar-refractivity contribution in [3.05, 3.63) is 0 Å². The zero-order valence-corrected chi connectivity index (χ0v) is 42.4. The van der Waals surface area contributed by atoms with Crippen LogP contribution in [0.2, 0.25) is 0 Å². The second-order valence-electron chi connectivity index (χ2n) is 17.5. The Balaban J connectivity index is 0.000000377. The average molecular weight is 980 g/mol. The largest absolute Gasteiger partial charge is 0.444 e. The fraction of sp³-hybridized carbons (Fsp3) is 0.900. The summed E-state index contributed by atoms with van der Waals surface area (Å²) in [5.41, 5.74) is 11.2. The van der Waals surface area contributed by atoms with Gasteiger partial charge in [0.1, 0.15) is 36.7 Å². The number of Topliss-reactive ketones (excluding diaryl/α,β-unsaturated/α-hetero) is 1. The van der Waals surface area contributed by atoms with E-state index < -0.39 is 37.0 Å². The molecule has 0 atom stereocenters. The first-order chi connectivity index (χ1) is 28.5. The van der Waals surface area contributed by atoms with Crippen LogP contribution in [0, 0.1) is 0 Å². The summed E-state index contributed by atoms with van der Waals surface area (Å²) in [5.74, 6) is 10.5. The number of oxime groups is 1. The summed E-state index contributed by atoms with van der Waals surface area (Å²) in [4.78, 5) is 33.2. The molecule has 2 amide bonds. The second kappa shape index (κ2) is 30.9. The SMILES string of the molecule is CC(C)(C)OC(=O)NC1CCS(=O)(=O)CC1.CC(C)(C)OC(=O)NC1CCSCC1.NC1CCS(=O)(=O)CC1.NC1CCSCC1.O=C1CCSCC1.ON=C1CCSCC1. The first kappa shape index (κ1) is 57.9. The molecule has 0 aromatic heterocycles. The Morgan fingerprint density at radius 1 is 0.574 bits per heavy atom. The second-order valence-corrected chi connectivity index (χ2v) is 27.0. The Labute approximate surface area is 384 Å². The van der Waals surface area contributed by atoms with Gasteiger partial charge in [0, 0.05) is 48.5 Å². The van der Waals surface area contributed by atoms with E-state index in [1.165, 1.54) is 24.3 Å². The zero-order valence-electron chi connectivity index (χ0n) is 37.5. The number of ketones is 1. The van der Waals surface area contributed by atoms with Gasteiger partial charge in [-0.1, -0.05) is 5.16 Å². The number of sulfone groups is 2. The third-order valence-electron chi connectivity index (χ3n) is 9.34. The third-order valence-corrected chi connectivity index (χ3v) is 16.8. The fourth-order valence-electron chi connectivity index (χ4n) is 5.75. The highest BCUT2D eigenvalue weighted by Gasteiger charge is 2.27. The van der Waals surface area contributed by atoms with Crippen LogP contribution < -0.4 is 22.1 Å². The lowest BCUT2D eigenvalue weighted by atomic mass is 10.1. The van der Waals surface area contributed by atoms with E-state index in [1.54, 1.807) is 20.8 Å². The molecule has 0 aliphatic carbocycles. The van der Waals surface area contributed by atoms with Gasteiger partial charge in [-0.3, -0.25) is 4.79 Å². The van der Waals surface area contributed by atoms with E-state index in [4.69, 9.17) is 26.1 Å². The molecular formula is C40H77N5O10S6. The Bertz CT molecular complexity index is 1470. The Morgan fingerprint density at radius 2 is 0.902 bits per heavy atom. The first-order valence-electron chi connectivity index (χ1n) is 21.4. The fourth-order valence-corrected chi connectivity index (χ4v) is 12.9. The highest BCUT2D eigenvalue weighted by atomic mass is 32.2. The van der Waals surface area contributed by atoms with Crippen molar-refractivity contribution < 1.29 is 45.9 Å². The van der Waals surface area contributed by atoms with Crippen LogP contribution in [0.5, 0.6) is 0 Å². The van der Waals surface area contributed by atoms with Gasteiger partial charge >= 0.3 is 12.2 Å². The predicted octanol–water partition coefficient (Wildman–Crippen LogP) is 6.28. The van der Waals surface area contributed by atoms with Gasteiger partial charge in [-0.25, -0.2) is 26.4 Å². The van der Waals surface area contributed by atoms with E-state index in [0.717, 1.165) is 78.8 Å². The van der Waals surface area contributed by atoms with Crippen molar-refractivity contribution in [3.63, 3.8) is 0 Å². The molecule has 0 saturated carbocycles. The molecule has 0 bridgehead atoms. The molecule has 21 heteroatoms. The summed E-state index contributed by atoms with van der Waals surface area (Å²) in [7, 11) is -5.57. The van der Waals surface area contributed by atoms with Gasteiger partial charge in [0.2, 0.25) is 0 Å². The van der Waals surface area contributed by atoms with Gasteiger partial charge in [0.05, 0.1) is 28.7 Å². The van der Waals surface area contributed by atoms with Gasteiger partial charge in [-0.05, 0) is 140 Å². The van der Waals surface area contributed by atoms with Crippen molar-refractivity contribution in [3.8, 4) is 0 Å². The van der Waals surface area contributed by atoms with Gasteiger partial charge in [-0.2, -0.15) is 47.0 Å². The number of alkyl carbamates (subject to hydrolysis) is 2.